The van der Waals surface area contributed by atoms with Gasteiger partial charge in [0.25, 0.3) is 0 Å². The molecule has 1 aliphatic carbocycles. The van der Waals surface area contributed by atoms with Crippen LogP contribution >= 0.6 is 0 Å². The van der Waals surface area contributed by atoms with Crippen molar-refractivity contribution < 1.29 is 4.74 Å². The second-order valence-electron chi connectivity index (χ2n) is 5.71. The molecule has 3 unspecified atom stereocenters. The Balaban J connectivity index is 1.90. The highest BCUT2D eigenvalue weighted by Gasteiger charge is 2.32. The Hall–Kier alpha value is -0.120. The molecule has 17 heavy (non-hydrogen) atoms. The Morgan fingerprint density at radius 3 is 2.76 bits per heavy atom. The van der Waals surface area contributed by atoms with E-state index in [9.17, 15) is 0 Å². The summed E-state index contributed by atoms with van der Waals surface area (Å²) >= 11 is 0. The topological polar surface area (TPSA) is 24.5 Å². The molecule has 3 heteroatoms. The highest BCUT2D eigenvalue weighted by molar-refractivity contribution is 4.89. The molecule has 1 heterocycles. The van der Waals surface area contributed by atoms with Crippen LogP contribution in [0.3, 0.4) is 0 Å². The van der Waals surface area contributed by atoms with Gasteiger partial charge in [-0.25, -0.2) is 0 Å². The van der Waals surface area contributed by atoms with Crippen molar-refractivity contribution >= 4 is 0 Å². The number of nitrogens with one attached hydrogen (secondary N) is 1. The fourth-order valence-electron chi connectivity index (χ4n) is 3.66. The molecule has 0 bridgehead atoms. The van der Waals surface area contributed by atoms with E-state index in [0.29, 0.717) is 6.04 Å². The third kappa shape index (κ3) is 3.43. The van der Waals surface area contributed by atoms with Gasteiger partial charge in [0.05, 0.1) is 6.61 Å². The lowest BCUT2D eigenvalue weighted by Gasteiger charge is -2.43. The molecule has 1 saturated carbocycles. The minimum Gasteiger partial charge on any atom is -0.384 e. The van der Waals surface area contributed by atoms with Crippen LogP contribution in [0.5, 0.6) is 0 Å². The Bertz CT molecular complexity index is 220. The highest BCUT2D eigenvalue weighted by atomic mass is 16.5. The second kappa shape index (κ2) is 6.72. The summed E-state index contributed by atoms with van der Waals surface area (Å²) in [6, 6.07) is 1.48. The number of rotatable bonds is 4. The van der Waals surface area contributed by atoms with Gasteiger partial charge in [0.2, 0.25) is 0 Å². The zero-order valence-electron chi connectivity index (χ0n) is 11.5. The molecule has 0 spiro atoms. The van der Waals surface area contributed by atoms with Crippen LogP contribution in [0.15, 0.2) is 0 Å². The van der Waals surface area contributed by atoms with Crippen molar-refractivity contribution in [2.24, 2.45) is 5.92 Å². The number of piperidine rings is 1. The van der Waals surface area contributed by atoms with E-state index in [1.165, 1.54) is 51.6 Å². The van der Waals surface area contributed by atoms with Gasteiger partial charge in [0, 0.05) is 25.7 Å². The maximum atomic E-state index is 5.33. The minimum atomic E-state index is 0.713. The largest absolute Gasteiger partial charge is 0.384 e. The predicted molar refractivity (Wildman–Crippen MR) is 71.3 cm³/mol. The van der Waals surface area contributed by atoms with E-state index >= 15 is 0 Å². The quantitative estimate of drug-likeness (QED) is 0.812. The van der Waals surface area contributed by atoms with E-state index in [1.54, 1.807) is 0 Å². The van der Waals surface area contributed by atoms with E-state index in [2.05, 4.69) is 17.3 Å². The van der Waals surface area contributed by atoms with Gasteiger partial charge in [0.15, 0.2) is 0 Å². The first kappa shape index (κ1) is 13.3. The van der Waals surface area contributed by atoms with Crippen molar-refractivity contribution in [2.75, 3.05) is 33.9 Å². The van der Waals surface area contributed by atoms with E-state index in [1.807, 2.05) is 7.11 Å². The summed E-state index contributed by atoms with van der Waals surface area (Å²) in [5.74, 6) is 0.758. The molecule has 0 aromatic heterocycles. The number of likely N-dealkylation sites (tertiary alicyclic amines) is 1. The number of hydrogen-bond acceptors (Lipinski definition) is 3. The third-order valence-corrected chi connectivity index (χ3v) is 4.52. The van der Waals surface area contributed by atoms with Gasteiger partial charge in [-0.1, -0.05) is 12.8 Å². The lowest BCUT2D eigenvalue weighted by molar-refractivity contribution is 0.0454. The Morgan fingerprint density at radius 1 is 1.18 bits per heavy atom. The Labute approximate surface area is 106 Å². The lowest BCUT2D eigenvalue weighted by atomic mass is 9.87. The zero-order valence-corrected chi connectivity index (χ0v) is 11.5. The second-order valence-corrected chi connectivity index (χ2v) is 5.71. The molecule has 2 fully saturated rings. The van der Waals surface area contributed by atoms with Gasteiger partial charge in [-0.3, -0.25) is 4.90 Å². The van der Waals surface area contributed by atoms with Gasteiger partial charge in [-0.05, 0) is 45.2 Å². The Kier molecular flexibility index (Phi) is 5.26. The van der Waals surface area contributed by atoms with Crippen LogP contribution in [-0.2, 0) is 4.74 Å². The average molecular weight is 240 g/mol. The molecule has 2 rings (SSSR count). The number of nitrogens with zero attached hydrogens (tertiary/aromatic N) is 1. The molecule has 3 atom stereocenters. The summed E-state index contributed by atoms with van der Waals surface area (Å²) in [4.78, 5) is 2.73. The van der Waals surface area contributed by atoms with Crippen LogP contribution in [-0.4, -0.2) is 50.8 Å². The molecule has 1 aliphatic heterocycles. The smallest absolute Gasteiger partial charge is 0.0502 e. The van der Waals surface area contributed by atoms with Crippen LogP contribution in [0.1, 0.15) is 38.5 Å². The van der Waals surface area contributed by atoms with Crippen molar-refractivity contribution in [1.29, 1.82) is 0 Å². The lowest BCUT2D eigenvalue weighted by Crippen LogP contribution is -2.54. The molecular weight excluding hydrogens is 212 g/mol. The SMILES string of the molecule is CNC1CCCCC1N1CCCC(COC)C1. The molecule has 1 N–H and O–H groups in total. The summed E-state index contributed by atoms with van der Waals surface area (Å²) < 4.78 is 5.33. The first-order chi connectivity index (χ1) is 8.35. The maximum absolute atomic E-state index is 5.33. The predicted octanol–water partition coefficient (Wildman–Crippen LogP) is 1.88. The fourth-order valence-corrected chi connectivity index (χ4v) is 3.66. The molecule has 100 valence electrons. The van der Waals surface area contributed by atoms with Gasteiger partial charge >= 0.3 is 0 Å². The highest BCUT2D eigenvalue weighted by Crippen LogP contribution is 2.27. The standard InChI is InChI=1S/C14H28N2O/c1-15-13-7-3-4-8-14(13)16-9-5-6-12(10-16)11-17-2/h12-15H,3-11H2,1-2H3. The molecular formula is C14H28N2O. The van der Waals surface area contributed by atoms with Crippen molar-refractivity contribution in [3.63, 3.8) is 0 Å². The normalized spacial score (nSPS) is 36.0. The summed E-state index contributed by atoms with van der Waals surface area (Å²) in [5, 5.41) is 3.53. The molecule has 1 saturated heterocycles. The molecule has 0 radical (unpaired) electrons. The number of hydrogen-bond donors (Lipinski definition) is 1. The van der Waals surface area contributed by atoms with E-state index in [4.69, 9.17) is 4.74 Å². The van der Waals surface area contributed by atoms with Crippen molar-refractivity contribution in [2.45, 2.75) is 50.6 Å². The molecule has 0 aromatic carbocycles. The Morgan fingerprint density at radius 2 is 2.00 bits per heavy atom. The first-order valence-corrected chi connectivity index (χ1v) is 7.25. The van der Waals surface area contributed by atoms with Crippen molar-refractivity contribution in [3.05, 3.63) is 0 Å². The van der Waals surface area contributed by atoms with Gasteiger partial charge < -0.3 is 10.1 Å². The van der Waals surface area contributed by atoms with Crippen LogP contribution < -0.4 is 5.32 Å². The minimum absolute atomic E-state index is 0.713. The third-order valence-electron chi connectivity index (χ3n) is 4.52. The molecule has 0 amide bonds. The zero-order chi connectivity index (χ0) is 12.1. The summed E-state index contributed by atoms with van der Waals surface area (Å²) in [7, 11) is 3.95. The van der Waals surface area contributed by atoms with Crippen LogP contribution in [0.4, 0.5) is 0 Å². The fraction of sp³-hybridized carbons (Fsp3) is 1.00. The van der Waals surface area contributed by atoms with Gasteiger partial charge in [-0.2, -0.15) is 0 Å². The van der Waals surface area contributed by atoms with Crippen molar-refractivity contribution in [3.8, 4) is 0 Å². The summed E-state index contributed by atoms with van der Waals surface area (Å²) in [5.41, 5.74) is 0. The number of ether oxygens (including phenoxy) is 1. The maximum Gasteiger partial charge on any atom is 0.0502 e. The van der Waals surface area contributed by atoms with Crippen LogP contribution in [0, 0.1) is 5.92 Å². The van der Waals surface area contributed by atoms with Crippen LogP contribution in [0.25, 0.3) is 0 Å². The van der Waals surface area contributed by atoms with E-state index in [0.717, 1.165) is 18.6 Å². The summed E-state index contributed by atoms with van der Waals surface area (Å²) in [6.45, 7) is 3.48. The van der Waals surface area contributed by atoms with E-state index < -0.39 is 0 Å². The van der Waals surface area contributed by atoms with Gasteiger partial charge in [-0.15, -0.1) is 0 Å². The molecule has 0 aromatic rings. The van der Waals surface area contributed by atoms with E-state index in [-0.39, 0.29) is 0 Å². The van der Waals surface area contributed by atoms with Crippen LogP contribution in [0.2, 0.25) is 0 Å². The molecule has 3 nitrogen and oxygen atoms in total. The number of methoxy groups -OCH3 is 1. The van der Waals surface area contributed by atoms with Gasteiger partial charge in [0.1, 0.15) is 0 Å². The number of likely N-dealkylation sites (N-methyl/N-ethyl adjacent to an activating group) is 1. The molecule has 2 aliphatic rings. The summed E-state index contributed by atoms with van der Waals surface area (Å²) in [6.07, 6.45) is 8.24. The van der Waals surface area contributed by atoms with Crippen molar-refractivity contribution in [1.82, 2.24) is 10.2 Å². The monoisotopic (exact) mass is 240 g/mol. The average Bonchev–Trinajstić information content (AvgIpc) is 2.39. The first-order valence-electron chi connectivity index (χ1n) is 7.25.